The fourth-order valence-corrected chi connectivity index (χ4v) is 3.12. The van der Waals surface area contributed by atoms with Gasteiger partial charge in [0.25, 0.3) is 5.91 Å². The van der Waals surface area contributed by atoms with Crippen LogP contribution in [0.1, 0.15) is 35.7 Å². The summed E-state index contributed by atoms with van der Waals surface area (Å²) in [5.41, 5.74) is 2.51. The van der Waals surface area contributed by atoms with Gasteiger partial charge in [0.15, 0.2) is 0 Å². The Morgan fingerprint density at radius 1 is 1.43 bits per heavy atom. The van der Waals surface area contributed by atoms with Gasteiger partial charge in [0.05, 0.1) is 5.56 Å². The number of carbonyl (C=O) groups is 2. The number of fused-ring (bicyclic) bond motifs is 1. The van der Waals surface area contributed by atoms with Gasteiger partial charge in [0.2, 0.25) is 5.91 Å². The first-order chi connectivity index (χ1) is 11.0. The monoisotopic (exact) mass is 314 g/mol. The quantitative estimate of drug-likeness (QED) is 0.875. The Labute approximate surface area is 135 Å². The number of furan rings is 1. The minimum Gasteiger partial charge on any atom is -0.463 e. The predicted molar refractivity (Wildman–Crippen MR) is 88.3 cm³/mol. The van der Waals surface area contributed by atoms with E-state index < -0.39 is 0 Å². The van der Waals surface area contributed by atoms with E-state index >= 15 is 0 Å². The maximum atomic E-state index is 12.9. The van der Waals surface area contributed by atoms with Crippen LogP contribution in [0.3, 0.4) is 0 Å². The summed E-state index contributed by atoms with van der Waals surface area (Å²) in [6.45, 7) is 2.67. The Kier molecular flexibility index (Phi) is 4.11. The maximum Gasteiger partial charge on any atom is 0.257 e. The van der Waals surface area contributed by atoms with Crippen molar-refractivity contribution in [3.8, 4) is 0 Å². The number of nitrogens with zero attached hydrogens (tertiary/aromatic N) is 2. The van der Waals surface area contributed by atoms with E-state index in [2.05, 4.69) is 6.92 Å². The number of hydrogen-bond acceptors (Lipinski definition) is 3. The Hall–Kier alpha value is -2.30. The fourth-order valence-electron chi connectivity index (χ4n) is 3.12. The number of amides is 2. The molecule has 2 aromatic rings. The zero-order valence-electron chi connectivity index (χ0n) is 13.8. The average Bonchev–Trinajstić information content (AvgIpc) is 2.98. The molecule has 0 bridgehead atoms. The van der Waals surface area contributed by atoms with E-state index in [0.29, 0.717) is 24.9 Å². The third-order valence-corrected chi connectivity index (χ3v) is 4.75. The van der Waals surface area contributed by atoms with Crippen LogP contribution < -0.4 is 0 Å². The molecule has 1 atom stereocenters. The standard InChI is InChI=1S/C18H22N2O3/c1-4-12-5-7-16-14(9-12)15(11-23-16)18(22)20(3)13-6-8-17(21)19(2)10-13/h5,7,9,11,13H,4,6,8,10H2,1-3H3/t13-/m1/s1. The SMILES string of the molecule is CCc1ccc2occ(C(=O)N(C)[C@@H]3CCC(=O)N(C)C3)c2c1. The van der Waals surface area contributed by atoms with Gasteiger partial charge >= 0.3 is 0 Å². The van der Waals surface area contributed by atoms with Gasteiger partial charge in [-0.2, -0.15) is 0 Å². The zero-order chi connectivity index (χ0) is 16.6. The minimum atomic E-state index is -0.0512. The molecule has 122 valence electrons. The lowest BCUT2D eigenvalue weighted by molar-refractivity contribution is -0.133. The van der Waals surface area contributed by atoms with Crippen molar-refractivity contribution in [1.82, 2.24) is 9.80 Å². The van der Waals surface area contributed by atoms with Crippen molar-refractivity contribution >= 4 is 22.8 Å². The topological polar surface area (TPSA) is 53.8 Å². The molecule has 23 heavy (non-hydrogen) atoms. The summed E-state index contributed by atoms with van der Waals surface area (Å²) >= 11 is 0. The Morgan fingerprint density at radius 3 is 2.91 bits per heavy atom. The van der Waals surface area contributed by atoms with Gasteiger partial charge in [-0.25, -0.2) is 0 Å². The second-order valence-corrected chi connectivity index (χ2v) is 6.22. The number of piperidine rings is 1. The lowest BCUT2D eigenvalue weighted by Gasteiger charge is -2.35. The first-order valence-corrected chi connectivity index (χ1v) is 8.02. The maximum absolute atomic E-state index is 12.9. The molecule has 1 aliphatic rings. The van der Waals surface area contributed by atoms with Crippen molar-refractivity contribution in [3.63, 3.8) is 0 Å². The Bertz CT molecular complexity index is 750. The van der Waals surface area contributed by atoms with Crippen LogP contribution in [0.15, 0.2) is 28.9 Å². The molecule has 0 radical (unpaired) electrons. The molecule has 0 unspecified atom stereocenters. The number of likely N-dealkylation sites (tertiary alicyclic amines) is 1. The molecule has 2 heterocycles. The van der Waals surface area contributed by atoms with Crippen LogP contribution in [0.25, 0.3) is 11.0 Å². The van der Waals surface area contributed by atoms with Crippen molar-refractivity contribution < 1.29 is 14.0 Å². The number of rotatable bonds is 3. The second-order valence-electron chi connectivity index (χ2n) is 6.22. The first-order valence-electron chi connectivity index (χ1n) is 8.02. The molecule has 0 spiro atoms. The molecule has 0 N–H and O–H groups in total. The summed E-state index contributed by atoms with van der Waals surface area (Å²) in [7, 11) is 3.59. The number of likely N-dealkylation sites (N-methyl/N-ethyl adjacent to an activating group) is 2. The molecular formula is C18H22N2O3. The lowest BCUT2D eigenvalue weighted by Crippen LogP contribution is -2.49. The number of aryl methyl sites for hydroxylation is 1. The highest BCUT2D eigenvalue weighted by Gasteiger charge is 2.29. The van der Waals surface area contributed by atoms with Crippen LogP contribution in [0, 0.1) is 0 Å². The molecule has 5 heteroatoms. The molecule has 0 aliphatic carbocycles. The third kappa shape index (κ3) is 2.83. The molecule has 0 saturated carbocycles. The third-order valence-electron chi connectivity index (χ3n) is 4.75. The molecule has 2 amide bonds. The van der Waals surface area contributed by atoms with E-state index in [0.717, 1.165) is 17.4 Å². The van der Waals surface area contributed by atoms with Crippen LogP contribution >= 0.6 is 0 Å². The van der Waals surface area contributed by atoms with E-state index in [1.54, 1.807) is 30.2 Å². The minimum absolute atomic E-state index is 0.0458. The molecule has 1 fully saturated rings. The van der Waals surface area contributed by atoms with Crippen LogP contribution in [0.4, 0.5) is 0 Å². The lowest BCUT2D eigenvalue weighted by atomic mass is 10.0. The first kappa shape index (κ1) is 15.6. The normalized spacial score (nSPS) is 18.5. The van der Waals surface area contributed by atoms with Crippen LogP contribution in [0.2, 0.25) is 0 Å². The van der Waals surface area contributed by atoms with Gasteiger partial charge in [-0.1, -0.05) is 13.0 Å². The number of hydrogen-bond donors (Lipinski definition) is 0. The summed E-state index contributed by atoms with van der Waals surface area (Å²) in [4.78, 5) is 27.9. The predicted octanol–water partition coefficient (Wildman–Crippen LogP) is 2.69. The van der Waals surface area contributed by atoms with Crippen molar-refractivity contribution in [2.24, 2.45) is 0 Å². The summed E-state index contributed by atoms with van der Waals surface area (Å²) in [5, 5.41) is 0.862. The zero-order valence-corrected chi connectivity index (χ0v) is 13.8. The molecule has 1 aromatic carbocycles. The molecule has 1 saturated heterocycles. The van der Waals surface area contributed by atoms with Crippen molar-refractivity contribution in [2.45, 2.75) is 32.2 Å². The Balaban J connectivity index is 1.86. The molecule has 1 aliphatic heterocycles. The summed E-state index contributed by atoms with van der Waals surface area (Å²) in [6.07, 6.45) is 3.66. The van der Waals surface area contributed by atoms with Crippen LogP contribution in [0.5, 0.6) is 0 Å². The van der Waals surface area contributed by atoms with Gasteiger partial charge < -0.3 is 14.2 Å². The van der Waals surface area contributed by atoms with Crippen LogP contribution in [-0.2, 0) is 11.2 Å². The van der Waals surface area contributed by atoms with Crippen molar-refractivity contribution in [2.75, 3.05) is 20.6 Å². The van der Waals surface area contributed by atoms with E-state index in [4.69, 9.17) is 4.42 Å². The number of benzene rings is 1. The number of carbonyl (C=O) groups excluding carboxylic acids is 2. The molecule has 1 aromatic heterocycles. The highest BCUT2D eigenvalue weighted by Crippen LogP contribution is 2.25. The van der Waals surface area contributed by atoms with Gasteiger partial charge in [-0.15, -0.1) is 0 Å². The smallest absolute Gasteiger partial charge is 0.257 e. The van der Waals surface area contributed by atoms with E-state index in [1.807, 2.05) is 18.2 Å². The second kappa shape index (κ2) is 6.07. The van der Waals surface area contributed by atoms with Crippen molar-refractivity contribution in [3.05, 3.63) is 35.6 Å². The highest BCUT2D eigenvalue weighted by atomic mass is 16.3. The van der Waals surface area contributed by atoms with Crippen molar-refractivity contribution in [1.29, 1.82) is 0 Å². The van der Waals surface area contributed by atoms with E-state index in [9.17, 15) is 9.59 Å². The fraction of sp³-hybridized carbons (Fsp3) is 0.444. The average molecular weight is 314 g/mol. The van der Waals surface area contributed by atoms with Gasteiger partial charge in [-0.05, 0) is 30.5 Å². The van der Waals surface area contributed by atoms with E-state index in [1.165, 1.54) is 5.56 Å². The largest absolute Gasteiger partial charge is 0.463 e. The van der Waals surface area contributed by atoms with Crippen LogP contribution in [-0.4, -0.2) is 48.3 Å². The highest BCUT2D eigenvalue weighted by molar-refractivity contribution is 6.06. The summed E-state index contributed by atoms with van der Waals surface area (Å²) < 4.78 is 5.53. The van der Waals surface area contributed by atoms with Gasteiger partial charge in [-0.3, -0.25) is 9.59 Å². The molecule has 3 rings (SSSR count). The Morgan fingerprint density at radius 2 is 2.22 bits per heavy atom. The van der Waals surface area contributed by atoms with Gasteiger partial charge in [0, 0.05) is 38.5 Å². The summed E-state index contributed by atoms with van der Waals surface area (Å²) in [5.74, 6) is 0.0909. The molecular weight excluding hydrogens is 292 g/mol. The summed E-state index contributed by atoms with van der Waals surface area (Å²) in [6, 6.07) is 6.00. The van der Waals surface area contributed by atoms with Gasteiger partial charge in [0.1, 0.15) is 11.8 Å². The van der Waals surface area contributed by atoms with E-state index in [-0.39, 0.29) is 17.9 Å². The molecule has 5 nitrogen and oxygen atoms in total.